The minimum absolute atomic E-state index is 0.139. The average Bonchev–Trinajstić information content (AvgIpc) is 2.41. The van der Waals surface area contributed by atoms with Crippen LogP contribution in [0.2, 0.25) is 0 Å². The van der Waals surface area contributed by atoms with Gasteiger partial charge < -0.3 is 10.1 Å². The van der Waals surface area contributed by atoms with Gasteiger partial charge in [0, 0.05) is 28.1 Å². The average molecular weight is 448 g/mol. The number of nitrogens with zero attached hydrogens (tertiary/aromatic N) is 1. The zero-order valence-corrected chi connectivity index (χ0v) is 17.0. The Morgan fingerprint density at radius 1 is 1.35 bits per heavy atom. The smallest absolute Gasteiger partial charge is 0.407 e. The van der Waals surface area contributed by atoms with Crippen LogP contribution >= 0.6 is 31.9 Å². The van der Waals surface area contributed by atoms with Crippen LogP contribution < -0.4 is 5.32 Å². The zero-order valence-electron chi connectivity index (χ0n) is 13.9. The number of halogens is 2. The Morgan fingerprint density at radius 3 is 2.61 bits per heavy atom. The van der Waals surface area contributed by atoms with Crippen LogP contribution in [0.15, 0.2) is 27.1 Å². The molecule has 6 heteroatoms. The number of amides is 1. The van der Waals surface area contributed by atoms with Gasteiger partial charge in [0.25, 0.3) is 0 Å². The van der Waals surface area contributed by atoms with E-state index in [1.807, 2.05) is 26.8 Å². The fourth-order valence-electron chi connectivity index (χ4n) is 2.70. The Morgan fingerprint density at radius 2 is 2.00 bits per heavy atom. The van der Waals surface area contributed by atoms with Gasteiger partial charge in [-0.2, -0.15) is 0 Å². The number of likely N-dealkylation sites (tertiary alicyclic amines) is 1. The molecule has 0 aromatic heterocycles. The number of ether oxygens (including phenoxy) is 1. The predicted octanol–water partition coefficient (Wildman–Crippen LogP) is 4.70. The highest BCUT2D eigenvalue weighted by molar-refractivity contribution is 9.11. The highest BCUT2D eigenvalue weighted by atomic mass is 79.9. The van der Waals surface area contributed by atoms with E-state index in [1.54, 1.807) is 0 Å². The number of alkyl carbamates (subject to hydrolysis) is 1. The molecule has 1 saturated heterocycles. The third-order valence-electron chi connectivity index (χ3n) is 3.67. The van der Waals surface area contributed by atoms with Gasteiger partial charge in [0.15, 0.2) is 0 Å². The number of nitrogens with one attached hydrogen (secondary N) is 1. The molecule has 1 atom stereocenters. The van der Waals surface area contributed by atoms with E-state index >= 15 is 0 Å². The van der Waals surface area contributed by atoms with Crippen molar-refractivity contribution in [3.63, 3.8) is 0 Å². The van der Waals surface area contributed by atoms with Crippen LogP contribution in [-0.2, 0) is 11.3 Å². The number of hydrogen-bond donors (Lipinski definition) is 1. The lowest BCUT2D eigenvalue weighted by Crippen LogP contribution is -2.48. The second kappa shape index (κ2) is 7.99. The van der Waals surface area contributed by atoms with E-state index in [4.69, 9.17) is 4.74 Å². The van der Waals surface area contributed by atoms with Crippen molar-refractivity contribution in [1.29, 1.82) is 0 Å². The Balaban J connectivity index is 1.92. The minimum atomic E-state index is -0.460. The topological polar surface area (TPSA) is 41.6 Å². The van der Waals surface area contributed by atoms with Crippen molar-refractivity contribution in [2.45, 2.75) is 51.8 Å². The van der Waals surface area contributed by atoms with Crippen molar-refractivity contribution < 1.29 is 9.53 Å². The first-order valence-corrected chi connectivity index (χ1v) is 9.48. The van der Waals surface area contributed by atoms with Crippen LogP contribution in [0.5, 0.6) is 0 Å². The third kappa shape index (κ3) is 6.08. The Labute approximate surface area is 155 Å². The summed E-state index contributed by atoms with van der Waals surface area (Å²) in [5.74, 6) is 0. The first kappa shape index (κ1) is 18.7. The van der Waals surface area contributed by atoms with Gasteiger partial charge in [0.1, 0.15) is 5.60 Å². The highest BCUT2D eigenvalue weighted by Crippen LogP contribution is 2.27. The van der Waals surface area contributed by atoms with E-state index in [0.717, 1.165) is 41.4 Å². The maximum absolute atomic E-state index is 11.9. The molecule has 1 heterocycles. The molecule has 1 fully saturated rings. The predicted molar refractivity (Wildman–Crippen MR) is 99.5 cm³/mol. The molecule has 0 unspecified atom stereocenters. The maximum atomic E-state index is 11.9. The lowest BCUT2D eigenvalue weighted by Gasteiger charge is -2.34. The highest BCUT2D eigenvalue weighted by Gasteiger charge is 2.24. The molecule has 0 spiro atoms. The van der Waals surface area contributed by atoms with Gasteiger partial charge in [-0.25, -0.2) is 4.79 Å². The van der Waals surface area contributed by atoms with Crippen molar-refractivity contribution in [1.82, 2.24) is 10.2 Å². The van der Waals surface area contributed by atoms with Crippen LogP contribution in [0.3, 0.4) is 0 Å². The summed E-state index contributed by atoms with van der Waals surface area (Å²) in [7, 11) is 0. The van der Waals surface area contributed by atoms with E-state index in [9.17, 15) is 4.79 Å². The van der Waals surface area contributed by atoms with Crippen LogP contribution in [0.4, 0.5) is 4.79 Å². The molecule has 1 aromatic carbocycles. The summed E-state index contributed by atoms with van der Waals surface area (Å²) in [6, 6.07) is 6.27. The molecule has 1 amide bonds. The van der Waals surface area contributed by atoms with Gasteiger partial charge in [0.2, 0.25) is 0 Å². The van der Waals surface area contributed by atoms with Gasteiger partial charge in [0.05, 0.1) is 0 Å². The van der Waals surface area contributed by atoms with Crippen LogP contribution in [-0.4, -0.2) is 35.7 Å². The Bertz CT molecular complexity index is 538. The summed E-state index contributed by atoms with van der Waals surface area (Å²) < 4.78 is 7.56. The van der Waals surface area contributed by atoms with Crippen LogP contribution in [0.1, 0.15) is 39.2 Å². The van der Waals surface area contributed by atoms with Crippen molar-refractivity contribution in [2.75, 3.05) is 13.1 Å². The van der Waals surface area contributed by atoms with E-state index in [-0.39, 0.29) is 12.1 Å². The lowest BCUT2D eigenvalue weighted by atomic mass is 10.0. The molecular formula is C17H24Br2N2O2. The number of piperidine rings is 1. The van der Waals surface area contributed by atoms with Crippen LogP contribution in [0.25, 0.3) is 0 Å². The molecular weight excluding hydrogens is 424 g/mol. The summed E-state index contributed by atoms with van der Waals surface area (Å²) in [6.07, 6.45) is 1.74. The molecule has 0 aliphatic carbocycles. The van der Waals surface area contributed by atoms with Crippen LogP contribution in [0, 0.1) is 0 Å². The van der Waals surface area contributed by atoms with E-state index < -0.39 is 5.60 Å². The van der Waals surface area contributed by atoms with Gasteiger partial charge in [-0.1, -0.05) is 37.9 Å². The first-order chi connectivity index (χ1) is 10.7. The van der Waals surface area contributed by atoms with Crippen molar-refractivity contribution >= 4 is 38.0 Å². The van der Waals surface area contributed by atoms with E-state index in [2.05, 4.69) is 54.2 Å². The normalized spacial score (nSPS) is 19.4. The lowest BCUT2D eigenvalue weighted by molar-refractivity contribution is 0.0470. The minimum Gasteiger partial charge on any atom is -0.444 e. The van der Waals surface area contributed by atoms with E-state index in [0.29, 0.717) is 0 Å². The molecule has 0 bridgehead atoms. The second-order valence-electron chi connectivity index (χ2n) is 6.92. The number of hydrogen-bond acceptors (Lipinski definition) is 3. The monoisotopic (exact) mass is 446 g/mol. The van der Waals surface area contributed by atoms with Crippen molar-refractivity contribution in [3.05, 3.63) is 32.7 Å². The largest absolute Gasteiger partial charge is 0.444 e. The Hall–Kier alpha value is -0.590. The maximum Gasteiger partial charge on any atom is 0.407 e. The SMILES string of the molecule is CC(C)(C)OC(=O)N[C@@H]1CCCN(Cc2c(Br)cccc2Br)C1. The summed E-state index contributed by atoms with van der Waals surface area (Å²) in [5, 5.41) is 2.99. The third-order valence-corrected chi connectivity index (χ3v) is 5.16. The molecule has 0 saturated carbocycles. The number of benzene rings is 1. The quantitative estimate of drug-likeness (QED) is 0.729. The number of carbonyl (C=O) groups is 1. The van der Waals surface area contributed by atoms with Gasteiger partial charge in [-0.15, -0.1) is 0 Å². The Kier molecular flexibility index (Phi) is 6.51. The molecule has 1 aromatic rings. The molecule has 23 heavy (non-hydrogen) atoms. The molecule has 0 radical (unpaired) electrons. The van der Waals surface area contributed by atoms with Gasteiger partial charge >= 0.3 is 6.09 Å². The second-order valence-corrected chi connectivity index (χ2v) is 8.63. The van der Waals surface area contributed by atoms with Gasteiger partial charge in [-0.3, -0.25) is 4.90 Å². The molecule has 4 nitrogen and oxygen atoms in total. The number of carbonyl (C=O) groups excluding carboxylic acids is 1. The summed E-state index contributed by atoms with van der Waals surface area (Å²) in [5.41, 5.74) is 0.781. The molecule has 1 aliphatic heterocycles. The van der Waals surface area contributed by atoms with Crippen molar-refractivity contribution in [2.24, 2.45) is 0 Å². The van der Waals surface area contributed by atoms with Gasteiger partial charge in [-0.05, 0) is 57.9 Å². The van der Waals surface area contributed by atoms with E-state index in [1.165, 1.54) is 5.56 Å². The molecule has 128 valence electrons. The zero-order chi connectivity index (χ0) is 17.0. The standard InChI is InChI=1S/C17H24Br2N2O2/c1-17(2,3)23-16(22)20-12-6-5-9-21(10-12)11-13-14(18)7-4-8-15(13)19/h4,7-8,12H,5-6,9-11H2,1-3H3,(H,20,22)/t12-/m1/s1. The summed E-state index contributed by atoms with van der Waals surface area (Å²) in [4.78, 5) is 14.3. The molecule has 1 N–H and O–H groups in total. The van der Waals surface area contributed by atoms with Crippen molar-refractivity contribution in [3.8, 4) is 0 Å². The summed E-state index contributed by atoms with van der Waals surface area (Å²) >= 11 is 7.23. The molecule has 2 rings (SSSR count). The first-order valence-electron chi connectivity index (χ1n) is 7.89. The summed E-state index contributed by atoms with van der Waals surface area (Å²) in [6.45, 7) is 8.38. The fourth-order valence-corrected chi connectivity index (χ4v) is 3.95. The number of rotatable bonds is 3. The fraction of sp³-hybridized carbons (Fsp3) is 0.588. The molecule has 1 aliphatic rings.